The zero-order valence-corrected chi connectivity index (χ0v) is 13.8. The lowest BCUT2D eigenvalue weighted by Crippen LogP contribution is -2.33. The number of carbonyl (C=O) groups is 2. The van der Waals surface area contributed by atoms with Gasteiger partial charge in [-0.15, -0.1) is 0 Å². The molecule has 2 amide bonds. The molecule has 0 bridgehead atoms. The molecule has 1 aromatic carbocycles. The molecule has 1 saturated carbocycles. The number of hydrogen-bond donors (Lipinski definition) is 2. The summed E-state index contributed by atoms with van der Waals surface area (Å²) in [5.74, 6) is -1.09. The first-order valence-corrected chi connectivity index (χ1v) is 8.43. The van der Waals surface area contributed by atoms with Crippen LogP contribution in [0, 0.1) is 5.82 Å². The quantitative estimate of drug-likeness (QED) is 0.878. The van der Waals surface area contributed by atoms with Crippen LogP contribution < -0.4 is 10.6 Å². The molecule has 6 heteroatoms. The average molecular weight is 341 g/mol. The summed E-state index contributed by atoms with van der Waals surface area (Å²) < 4.78 is 13.6. The van der Waals surface area contributed by atoms with E-state index < -0.39 is 5.91 Å². The van der Waals surface area contributed by atoms with Crippen LogP contribution in [0.15, 0.2) is 42.5 Å². The van der Waals surface area contributed by atoms with E-state index in [2.05, 4.69) is 15.6 Å². The van der Waals surface area contributed by atoms with Crippen LogP contribution >= 0.6 is 0 Å². The molecular formula is C19H20FN3O2. The zero-order valence-electron chi connectivity index (χ0n) is 13.8. The van der Waals surface area contributed by atoms with Gasteiger partial charge in [-0.05, 0) is 31.0 Å². The van der Waals surface area contributed by atoms with Gasteiger partial charge in [0.25, 0.3) is 11.8 Å². The molecule has 0 spiro atoms. The number of rotatable bonds is 5. The van der Waals surface area contributed by atoms with E-state index >= 15 is 0 Å². The van der Waals surface area contributed by atoms with Crippen molar-refractivity contribution in [2.75, 3.05) is 0 Å². The predicted octanol–water partition coefficient (Wildman–Crippen LogP) is 2.82. The van der Waals surface area contributed by atoms with Crippen LogP contribution in [0.2, 0.25) is 0 Å². The second-order valence-electron chi connectivity index (χ2n) is 6.14. The molecule has 0 aliphatic heterocycles. The van der Waals surface area contributed by atoms with E-state index in [4.69, 9.17) is 0 Å². The van der Waals surface area contributed by atoms with Gasteiger partial charge in [0.1, 0.15) is 17.2 Å². The number of nitrogens with zero attached hydrogens (tertiary/aromatic N) is 1. The maximum Gasteiger partial charge on any atom is 0.270 e. The minimum absolute atomic E-state index is 0.0612. The van der Waals surface area contributed by atoms with Crippen molar-refractivity contribution < 1.29 is 14.0 Å². The molecule has 1 aliphatic carbocycles. The van der Waals surface area contributed by atoms with Crippen molar-refractivity contribution in [3.63, 3.8) is 0 Å². The predicted molar refractivity (Wildman–Crippen MR) is 91.5 cm³/mol. The first kappa shape index (κ1) is 17.1. The molecule has 1 heterocycles. The highest BCUT2D eigenvalue weighted by Gasteiger charge is 2.19. The summed E-state index contributed by atoms with van der Waals surface area (Å²) in [5, 5.41) is 5.57. The number of nitrogens with one attached hydrogen (secondary N) is 2. The molecule has 3 rings (SSSR count). The first-order valence-electron chi connectivity index (χ1n) is 8.43. The van der Waals surface area contributed by atoms with Gasteiger partial charge in [-0.25, -0.2) is 9.37 Å². The maximum absolute atomic E-state index is 13.6. The normalized spacial score (nSPS) is 14.3. The Kier molecular flexibility index (Phi) is 5.38. The van der Waals surface area contributed by atoms with Crippen LogP contribution in [-0.2, 0) is 6.54 Å². The molecule has 5 nitrogen and oxygen atoms in total. The Morgan fingerprint density at radius 1 is 1.00 bits per heavy atom. The van der Waals surface area contributed by atoms with Crippen LogP contribution in [0.5, 0.6) is 0 Å². The molecule has 0 unspecified atom stereocenters. The van der Waals surface area contributed by atoms with Crippen LogP contribution in [0.1, 0.15) is 52.2 Å². The van der Waals surface area contributed by atoms with Crippen molar-refractivity contribution in [2.45, 2.75) is 38.3 Å². The number of hydrogen-bond acceptors (Lipinski definition) is 3. The van der Waals surface area contributed by atoms with E-state index in [1.165, 1.54) is 12.1 Å². The second-order valence-corrected chi connectivity index (χ2v) is 6.14. The van der Waals surface area contributed by atoms with Gasteiger partial charge in [-0.3, -0.25) is 9.59 Å². The molecule has 130 valence electrons. The second kappa shape index (κ2) is 7.88. The van der Waals surface area contributed by atoms with Gasteiger partial charge in [-0.1, -0.05) is 37.1 Å². The number of carbonyl (C=O) groups excluding carboxylic acids is 2. The monoisotopic (exact) mass is 341 g/mol. The number of pyridine rings is 1. The van der Waals surface area contributed by atoms with Gasteiger partial charge in [0.15, 0.2) is 0 Å². The third-order valence-corrected chi connectivity index (χ3v) is 4.30. The number of benzene rings is 1. The molecule has 1 fully saturated rings. The van der Waals surface area contributed by atoms with Gasteiger partial charge in [0, 0.05) is 18.2 Å². The van der Waals surface area contributed by atoms with E-state index in [1.807, 2.05) is 0 Å². The summed E-state index contributed by atoms with van der Waals surface area (Å²) in [6, 6.07) is 11.2. The standard InChI is InChI=1S/C19H20FN3O2/c20-15-9-4-1-6-13(15)12-21-18(24)16-10-5-11-17(23-16)19(25)22-14-7-2-3-8-14/h1,4-6,9-11,14H,2-3,7-8,12H2,(H,21,24)(H,22,25). The SMILES string of the molecule is O=C(NCc1ccccc1F)c1cccc(C(=O)NC2CCCC2)n1. The van der Waals surface area contributed by atoms with Gasteiger partial charge < -0.3 is 10.6 Å². The lowest BCUT2D eigenvalue weighted by Gasteiger charge is -2.12. The number of aromatic nitrogens is 1. The van der Waals surface area contributed by atoms with Crippen LogP contribution in [0.3, 0.4) is 0 Å². The van der Waals surface area contributed by atoms with Crippen LogP contribution in [-0.4, -0.2) is 22.8 Å². The van der Waals surface area contributed by atoms with E-state index in [9.17, 15) is 14.0 Å². The fourth-order valence-corrected chi connectivity index (χ4v) is 2.92. The fourth-order valence-electron chi connectivity index (χ4n) is 2.92. The third-order valence-electron chi connectivity index (χ3n) is 4.30. The Morgan fingerprint density at radius 2 is 1.68 bits per heavy atom. The van der Waals surface area contributed by atoms with Crippen molar-refractivity contribution in [1.29, 1.82) is 0 Å². The largest absolute Gasteiger partial charge is 0.348 e. The van der Waals surface area contributed by atoms with Crippen molar-refractivity contribution in [2.24, 2.45) is 0 Å². The minimum atomic E-state index is -0.446. The van der Waals surface area contributed by atoms with Crippen molar-refractivity contribution in [1.82, 2.24) is 15.6 Å². The average Bonchev–Trinajstić information content (AvgIpc) is 3.14. The molecule has 1 aromatic heterocycles. The van der Waals surface area contributed by atoms with E-state index in [-0.39, 0.29) is 35.7 Å². The Morgan fingerprint density at radius 3 is 2.40 bits per heavy atom. The first-order chi connectivity index (χ1) is 12.1. The molecule has 0 radical (unpaired) electrons. The summed E-state index contributed by atoms with van der Waals surface area (Å²) in [5.41, 5.74) is 0.742. The fraction of sp³-hybridized carbons (Fsp3) is 0.316. The molecule has 0 atom stereocenters. The lowest BCUT2D eigenvalue weighted by atomic mass is 10.2. The Hall–Kier alpha value is -2.76. The van der Waals surface area contributed by atoms with E-state index in [0.29, 0.717) is 5.56 Å². The Bertz CT molecular complexity index is 773. The highest BCUT2D eigenvalue weighted by molar-refractivity contribution is 5.96. The van der Waals surface area contributed by atoms with Crippen LogP contribution in [0.4, 0.5) is 4.39 Å². The highest BCUT2D eigenvalue weighted by atomic mass is 19.1. The van der Waals surface area contributed by atoms with Gasteiger partial charge in [-0.2, -0.15) is 0 Å². The molecule has 1 aliphatic rings. The summed E-state index contributed by atoms with van der Waals surface area (Å²) in [4.78, 5) is 28.6. The zero-order chi connectivity index (χ0) is 17.6. The summed E-state index contributed by atoms with van der Waals surface area (Å²) in [6.07, 6.45) is 4.21. The van der Waals surface area contributed by atoms with Crippen molar-refractivity contribution in [3.05, 3.63) is 65.2 Å². The maximum atomic E-state index is 13.6. The number of halogens is 1. The highest BCUT2D eigenvalue weighted by Crippen LogP contribution is 2.18. The van der Waals surface area contributed by atoms with Gasteiger partial charge in [0.05, 0.1) is 0 Å². The summed E-state index contributed by atoms with van der Waals surface area (Å²) in [6.45, 7) is 0.0612. The third kappa shape index (κ3) is 4.41. The minimum Gasteiger partial charge on any atom is -0.348 e. The molecule has 0 saturated heterocycles. The molecule has 2 aromatic rings. The molecular weight excluding hydrogens is 321 g/mol. The molecule has 2 N–H and O–H groups in total. The van der Waals surface area contributed by atoms with E-state index in [0.717, 1.165) is 25.7 Å². The smallest absolute Gasteiger partial charge is 0.270 e. The molecule has 25 heavy (non-hydrogen) atoms. The summed E-state index contributed by atoms with van der Waals surface area (Å²) >= 11 is 0. The number of amides is 2. The van der Waals surface area contributed by atoms with Crippen molar-refractivity contribution in [3.8, 4) is 0 Å². The Balaban J connectivity index is 1.63. The lowest BCUT2D eigenvalue weighted by molar-refractivity contribution is 0.0931. The van der Waals surface area contributed by atoms with Gasteiger partial charge >= 0.3 is 0 Å². The van der Waals surface area contributed by atoms with Crippen molar-refractivity contribution >= 4 is 11.8 Å². The summed E-state index contributed by atoms with van der Waals surface area (Å²) in [7, 11) is 0. The van der Waals surface area contributed by atoms with Gasteiger partial charge in [0.2, 0.25) is 0 Å². The van der Waals surface area contributed by atoms with E-state index in [1.54, 1.807) is 30.3 Å². The topological polar surface area (TPSA) is 71.1 Å². The Labute approximate surface area is 145 Å². The van der Waals surface area contributed by atoms with Crippen LogP contribution in [0.25, 0.3) is 0 Å².